The smallest absolute Gasteiger partial charge is 0.137 e. The summed E-state index contributed by atoms with van der Waals surface area (Å²) in [6.07, 6.45) is 5.23. The summed E-state index contributed by atoms with van der Waals surface area (Å²) in [7, 11) is 1.63. The van der Waals surface area contributed by atoms with E-state index in [4.69, 9.17) is 4.74 Å². The molecule has 0 radical (unpaired) electrons. The summed E-state index contributed by atoms with van der Waals surface area (Å²) >= 11 is 0. The van der Waals surface area contributed by atoms with Crippen LogP contribution in [0.5, 0.6) is 5.75 Å². The summed E-state index contributed by atoms with van der Waals surface area (Å²) in [5.41, 5.74) is 1.91. The fourth-order valence-electron chi connectivity index (χ4n) is 1.19. The number of hydrogen-bond donors (Lipinski definition) is 0. The Bertz CT molecular complexity index is 397. The van der Waals surface area contributed by atoms with Crippen LogP contribution in [0.3, 0.4) is 0 Å². The molecule has 0 aliphatic rings. The van der Waals surface area contributed by atoms with E-state index in [9.17, 15) is 0 Å². The summed E-state index contributed by atoms with van der Waals surface area (Å²) in [6, 6.07) is 7.66. The Hall–Kier alpha value is -1.90. The van der Waals surface area contributed by atoms with Crippen molar-refractivity contribution in [3.8, 4) is 17.0 Å². The van der Waals surface area contributed by atoms with Gasteiger partial charge in [0.05, 0.1) is 19.0 Å². The first-order valence-corrected chi connectivity index (χ1v) is 4.30. The van der Waals surface area contributed by atoms with Crippen molar-refractivity contribution < 1.29 is 4.74 Å². The number of methoxy groups -OCH3 is 1. The van der Waals surface area contributed by atoms with Gasteiger partial charge >= 0.3 is 0 Å². The highest BCUT2D eigenvalue weighted by atomic mass is 16.5. The van der Waals surface area contributed by atoms with Crippen molar-refractivity contribution in [3.05, 3.63) is 42.9 Å². The quantitative estimate of drug-likeness (QED) is 0.720. The van der Waals surface area contributed by atoms with Gasteiger partial charge in [-0.25, -0.2) is 0 Å². The molecule has 0 saturated heterocycles. The van der Waals surface area contributed by atoms with Crippen LogP contribution in [0.25, 0.3) is 11.3 Å². The van der Waals surface area contributed by atoms with E-state index in [1.165, 1.54) is 0 Å². The Balaban J connectivity index is 2.34. The van der Waals surface area contributed by atoms with Crippen molar-refractivity contribution in [3.63, 3.8) is 0 Å². The van der Waals surface area contributed by atoms with E-state index in [0.29, 0.717) is 0 Å². The molecule has 2 aromatic rings. The fourth-order valence-corrected chi connectivity index (χ4v) is 1.19. The Morgan fingerprint density at radius 1 is 1.14 bits per heavy atom. The van der Waals surface area contributed by atoms with E-state index in [1.54, 1.807) is 25.7 Å². The standard InChI is InChI=1S/C11H10N2O/c1-14-10-4-5-11(13-8-10)9-3-2-6-12-7-9/h2-8H,1H3. The second-order valence-electron chi connectivity index (χ2n) is 2.82. The minimum Gasteiger partial charge on any atom is -0.495 e. The number of aromatic nitrogens is 2. The Morgan fingerprint density at radius 2 is 2.07 bits per heavy atom. The predicted molar refractivity (Wildman–Crippen MR) is 54.0 cm³/mol. The van der Waals surface area contributed by atoms with E-state index < -0.39 is 0 Å². The zero-order valence-electron chi connectivity index (χ0n) is 7.84. The molecule has 0 bridgehead atoms. The molecule has 0 spiro atoms. The van der Waals surface area contributed by atoms with Crippen molar-refractivity contribution in [1.29, 1.82) is 0 Å². The zero-order valence-corrected chi connectivity index (χ0v) is 7.84. The molecular weight excluding hydrogens is 176 g/mol. The molecule has 0 amide bonds. The van der Waals surface area contributed by atoms with E-state index in [1.807, 2.05) is 24.3 Å². The molecule has 3 heteroatoms. The average Bonchev–Trinajstić information content (AvgIpc) is 2.30. The molecule has 14 heavy (non-hydrogen) atoms. The SMILES string of the molecule is COc1ccc(-c2cccnc2)nc1. The maximum atomic E-state index is 5.03. The molecule has 0 aliphatic carbocycles. The van der Waals surface area contributed by atoms with Crippen LogP contribution < -0.4 is 4.74 Å². The lowest BCUT2D eigenvalue weighted by molar-refractivity contribution is 0.413. The van der Waals surface area contributed by atoms with Crippen molar-refractivity contribution in [2.24, 2.45) is 0 Å². The third kappa shape index (κ3) is 1.71. The predicted octanol–water partition coefficient (Wildman–Crippen LogP) is 2.15. The van der Waals surface area contributed by atoms with Gasteiger partial charge in [-0.3, -0.25) is 9.97 Å². The molecule has 2 heterocycles. The van der Waals surface area contributed by atoms with Gasteiger partial charge in [-0.15, -0.1) is 0 Å². The van der Waals surface area contributed by atoms with Gasteiger partial charge in [0.1, 0.15) is 5.75 Å². The van der Waals surface area contributed by atoms with Crippen LogP contribution >= 0.6 is 0 Å². The maximum Gasteiger partial charge on any atom is 0.137 e. The van der Waals surface area contributed by atoms with Crippen LogP contribution in [-0.4, -0.2) is 17.1 Å². The number of nitrogens with zero attached hydrogens (tertiary/aromatic N) is 2. The van der Waals surface area contributed by atoms with E-state index in [0.717, 1.165) is 17.0 Å². The molecule has 0 atom stereocenters. The van der Waals surface area contributed by atoms with Crippen LogP contribution in [-0.2, 0) is 0 Å². The van der Waals surface area contributed by atoms with Gasteiger partial charge in [-0.05, 0) is 24.3 Å². The van der Waals surface area contributed by atoms with Gasteiger partial charge in [-0.2, -0.15) is 0 Å². The van der Waals surface area contributed by atoms with Gasteiger partial charge in [0, 0.05) is 18.0 Å². The minimum absolute atomic E-state index is 0.762. The molecule has 0 aromatic carbocycles. The van der Waals surface area contributed by atoms with Crippen LogP contribution in [0, 0.1) is 0 Å². The molecule has 0 aliphatic heterocycles. The third-order valence-electron chi connectivity index (χ3n) is 1.93. The Morgan fingerprint density at radius 3 is 2.64 bits per heavy atom. The largest absolute Gasteiger partial charge is 0.495 e. The normalized spacial score (nSPS) is 9.79. The van der Waals surface area contributed by atoms with E-state index >= 15 is 0 Å². The first kappa shape index (κ1) is 8.69. The molecule has 0 fully saturated rings. The van der Waals surface area contributed by atoms with Gasteiger partial charge in [0.2, 0.25) is 0 Å². The molecule has 2 rings (SSSR count). The zero-order chi connectivity index (χ0) is 9.80. The number of hydrogen-bond acceptors (Lipinski definition) is 3. The third-order valence-corrected chi connectivity index (χ3v) is 1.93. The van der Waals surface area contributed by atoms with Crippen molar-refractivity contribution in [2.45, 2.75) is 0 Å². The maximum absolute atomic E-state index is 5.03. The van der Waals surface area contributed by atoms with Gasteiger partial charge in [0.25, 0.3) is 0 Å². The lowest BCUT2D eigenvalue weighted by Crippen LogP contribution is -1.86. The highest BCUT2D eigenvalue weighted by Gasteiger charge is 1.98. The molecule has 70 valence electrons. The molecule has 3 nitrogen and oxygen atoms in total. The Kier molecular flexibility index (Phi) is 2.40. The molecule has 0 N–H and O–H groups in total. The van der Waals surface area contributed by atoms with Crippen molar-refractivity contribution in [2.75, 3.05) is 7.11 Å². The van der Waals surface area contributed by atoms with Gasteiger partial charge in [-0.1, -0.05) is 0 Å². The molecule has 2 aromatic heterocycles. The average molecular weight is 186 g/mol. The number of ether oxygens (including phenoxy) is 1. The summed E-state index contributed by atoms with van der Waals surface area (Å²) in [4.78, 5) is 8.29. The van der Waals surface area contributed by atoms with Crippen LogP contribution in [0.4, 0.5) is 0 Å². The molecular formula is C11H10N2O. The highest BCUT2D eigenvalue weighted by molar-refractivity contribution is 5.57. The summed E-state index contributed by atoms with van der Waals surface area (Å²) < 4.78 is 5.03. The van der Waals surface area contributed by atoms with Crippen LogP contribution in [0.1, 0.15) is 0 Å². The summed E-state index contributed by atoms with van der Waals surface area (Å²) in [5.74, 6) is 0.762. The Labute approximate surface area is 82.4 Å². The lowest BCUT2D eigenvalue weighted by Gasteiger charge is -2.01. The minimum atomic E-state index is 0.762. The van der Waals surface area contributed by atoms with Gasteiger partial charge < -0.3 is 4.74 Å². The van der Waals surface area contributed by atoms with Gasteiger partial charge in [0.15, 0.2) is 0 Å². The molecule has 0 unspecified atom stereocenters. The van der Waals surface area contributed by atoms with Crippen molar-refractivity contribution in [1.82, 2.24) is 9.97 Å². The first-order chi connectivity index (χ1) is 6.90. The lowest BCUT2D eigenvalue weighted by atomic mass is 10.2. The number of rotatable bonds is 2. The second kappa shape index (κ2) is 3.87. The summed E-state index contributed by atoms with van der Waals surface area (Å²) in [5, 5.41) is 0. The fraction of sp³-hybridized carbons (Fsp3) is 0.0909. The first-order valence-electron chi connectivity index (χ1n) is 4.30. The number of pyridine rings is 2. The van der Waals surface area contributed by atoms with E-state index in [2.05, 4.69) is 9.97 Å². The van der Waals surface area contributed by atoms with E-state index in [-0.39, 0.29) is 0 Å². The monoisotopic (exact) mass is 186 g/mol. The van der Waals surface area contributed by atoms with Crippen LogP contribution in [0.2, 0.25) is 0 Å². The second-order valence-corrected chi connectivity index (χ2v) is 2.82. The summed E-state index contributed by atoms with van der Waals surface area (Å²) in [6.45, 7) is 0. The van der Waals surface area contributed by atoms with Crippen LogP contribution in [0.15, 0.2) is 42.9 Å². The molecule has 0 saturated carbocycles. The van der Waals surface area contributed by atoms with Crippen molar-refractivity contribution >= 4 is 0 Å². The topological polar surface area (TPSA) is 35.0 Å². The highest BCUT2D eigenvalue weighted by Crippen LogP contribution is 2.17.